The number of para-hydroxylation sites is 1. The van der Waals surface area contributed by atoms with Gasteiger partial charge in [-0.2, -0.15) is 0 Å². The minimum atomic E-state index is -1.20. The third kappa shape index (κ3) is 3.20. The number of hydrogen-bond acceptors (Lipinski definition) is 3. The summed E-state index contributed by atoms with van der Waals surface area (Å²) in [5.41, 5.74) is -0.154. The number of carboxylic acid groups (broad SMARTS) is 1. The Morgan fingerprint density at radius 1 is 1.50 bits per heavy atom. The van der Waals surface area contributed by atoms with Gasteiger partial charge >= 0.3 is 5.97 Å². The molecule has 0 heterocycles. The lowest BCUT2D eigenvalue weighted by Crippen LogP contribution is -2.20. The molecule has 0 aliphatic heterocycles. The Labute approximate surface area is 93.3 Å². The van der Waals surface area contributed by atoms with Gasteiger partial charge in [-0.3, -0.25) is 0 Å². The highest BCUT2D eigenvalue weighted by Gasteiger charge is 2.15. The molecule has 0 aliphatic carbocycles. The van der Waals surface area contributed by atoms with Crippen molar-refractivity contribution in [1.82, 2.24) is 4.90 Å². The van der Waals surface area contributed by atoms with Crippen LogP contribution in [0.4, 0.5) is 4.39 Å². The monoisotopic (exact) mass is 227 g/mol. The van der Waals surface area contributed by atoms with Crippen LogP contribution in [0.15, 0.2) is 18.2 Å². The Morgan fingerprint density at radius 3 is 2.75 bits per heavy atom. The lowest BCUT2D eigenvalue weighted by atomic mass is 10.2. The van der Waals surface area contributed by atoms with Crippen molar-refractivity contribution in [2.45, 2.75) is 0 Å². The average molecular weight is 227 g/mol. The van der Waals surface area contributed by atoms with Crippen LogP contribution in [-0.2, 0) is 0 Å². The summed E-state index contributed by atoms with van der Waals surface area (Å²) >= 11 is 0. The maximum Gasteiger partial charge on any atom is 0.339 e. The second kappa shape index (κ2) is 5.46. The number of aromatic carboxylic acids is 1. The minimum absolute atomic E-state index is 0.154. The van der Waals surface area contributed by atoms with Crippen molar-refractivity contribution in [3.05, 3.63) is 29.6 Å². The molecule has 1 N–H and O–H groups in total. The van der Waals surface area contributed by atoms with E-state index in [1.165, 1.54) is 18.2 Å². The van der Waals surface area contributed by atoms with Crippen LogP contribution < -0.4 is 4.74 Å². The van der Waals surface area contributed by atoms with Crippen LogP contribution >= 0.6 is 0 Å². The first-order valence-electron chi connectivity index (χ1n) is 4.81. The van der Waals surface area contributed by atoms with Crippen molar-refractivity contribution < 1.29 is 19.0 Å². The number of halogens is 1. The molecule has 5 heteroatoms. The molecule has 0 amide bonds. The number of benzene rings is 1. The van der Waals surface area contributed by atoms with Crippen LogP contribution in [0.2, 0.25) is 0 Å². The van der Waals surface area contributed by atoms with Gasteiger partial charge in [0, 0.05) is 6.54 Å². The highest BCUT2D eigenvalue weighted by atomic mass is 19.1. The minimum Gasteiger partial charge on any atom is -0.488 e. The molecule has 0 unspecified atom stereocenters. The van der Waals surface area contributed by atoms with Crippen LogP contribution in [0.3, 0.4) is 0 Å². The van der Waals surface area contributed by atoms with Gasteiger partial charge in [-0.25, -0.2) is 9.18 Å². The number of carboxylic acids is 1. The summed E-state index contributed by atoms with van der Waals surface area (Å²) in [6.07, 6.45) is 0. The van der Waals surface area contributed by atoms with Gasteiger partial charge < -0.3 is 14.7 Å². The van der Waals surface area contributed by atoms with Crippen LogP contribution in [0.1, 0.15) is 10.4 Å². The number of carbonyl (C=O) groups is 1. The van der Waals surface area contributed by atoms with E-state index in [2.05, 4.69) is 0 Å². The van der Waals surface area contributed by atoms with Crippen molar-refractivity contribution in [1.29, 1.82) is 0 Å². The first-order chi connectivity index (χ1) is 7.52. The quantitative estimate of drug-likeness (QED) is 0.827. The second-order valence-electron chi connectivity index (χ2n) is 3.57. The Balaban J connectivity index is 2.80. The zero-order valence-corrected chi connectivity index (χ0v) is 9.24. The molecule has 4 nitrogen and oxygen atoms in total. The molecule has 0 saturated heterocycles. The second-order valence-corrected chi connectivity index (χ2v) is 3.57. The van der Waals surface area contributed by atoms with Crippen molar-refractivity contribution in [3.63, 3.8) is 0 Å². The lowest BCUT2D eigenvalue weighted by Gasteiger charge is -2.12. The van der Waals surface area contributed by atoms with Crippen molar-refractivity contribution in [2.24, 2.45) is 0 Å². The van der Waals surface area contributed by atoms with Crippen LogP contribution in [0, 0.1) is 5.82 Å². The average Bonchev–Trinajstić information content (AvgIpc) is 2.19. The highest BCUT2D eigenvalue weighted by Crippen LogP contribution is 2.22. The molecule has 0 saturated carbocycles. The van der Waals surface area contributed by atoms with E-state index in [1.54, 1.807) is 0 Å². The molecule has 0 atom stereocenters. The van der Waals surface area contributed by atoms with E-state index in [4.69, 9.17) is 9.84 Å². The van der Waals surface area contributed by atoms with E-state index in [0.717, 1.165) is 0 Å². The summed E-state index contributed by atoms with van der Waals surface area (Å²) in [5.74, 6) is -2.05. The van der Waals surface area contributed by atoms with Crippen molar-refractivity contribution >= 4 is 5.97 Å². The predicted molar refractivity (Wildman–Crippen MR) is 57.4 cm³/mol. The molecule has 1 aromatic carbocycles. The summed E-state index contributed by atoms with van der Waals surface area (Å²) in [6.45, 7) is 0.835. The highest BCUT2D eigenvalue weighted by molar-refractivity contribution is 5.90. The molecule has 0 spiro atoms. The third-order valence-corrected chi connectivity index (χ3v) is 1.98. The van der Waals surface area contributed by atoms with Gasteiger partial charge in [-0.15, -0.1) is 0 Å². The maximum absolute atomic E-state index is 13.3. The summed E-state index contributed by atoms with van der Waals surface area (Å²) in [4.78, 5) is 12.7. The molecule has 1 aromatic rings. The standard InChI is InChI=1S/C11H14FNO3/c1-13(2)6-7-16-10-8(11(14)15)4-3-5-9(10)12/h3-5H,6-7H2,1-2H3,(H,14,15). The zero-order valence-electron chi connectivity index (χ0n) is 9.24. The van der Waals surface area contributed by atoms with Gasteiger partial charge in [-0.1, -0.05) is 6.07 Å². The number of hydrogen-bond donors (Lipinski definition) is 1. The zero-order chi connectivity index (χ0) is 12.1. The number of rotatable bonds is 5. The SMILES string of the molecule is CN(C)CCOc1c(F)cccc1C(=O)O. The van der Waals surface area contributed by atoms with E-state index in [0.29, 0.717) is 6.54 Å². The van der Waals surface area contributed by atoms with Crippen LogP contribution in [0.25, 0.3) is 0 Å². The molecule has 88 valence electrons. The van der Waals surface area contributed by atoms with Gasteiger partial charge in [0.25, 0.3) is 0 Å². The Bertz CT molecular complexity index is 379. The van der Waals surface area contributed by atoms with Gasteiger partial charge in [-0.05, 0) is 26.2 Å². The molecule has 0 aliphatic rings. The molecule has 0 aromatic heterocycles. The third-order valence-electron chi connectivity index (χ3n) is 1.98. The largest absolute Gasteiger partial charge is 0.488 e. The molecular formula is C11H14FNO3. The van der Waals surface area contributed by atoms with E-state index < -0.39 is 11.8 Å². The Morgan fingerprint density at radius 2 is 2.19 bits per heavy atom. The normalized spacial score (nSPS) is 10.5. The van der Waals surface area contributed by atoms with Crippen LogP contribution in [0.5, 0.6) is 5.75 Å². The van der Waals surface area contributed by atoms with Gasteiger partial charge in [0.1, 0.15) is 12.2 Å². The summed E-state index contributed by atoms with van der Waals surface area (Å²) in [5, 5.41) is 8.84. The molecular weight excluding hydrogens is 213 g/mol. The molecule has 0 bridgehead atoms. The van der Waals surface area contributed by atoms with Gasteiger partial charge in [0.2, 0.25) is 0 Å². The fourth-order valence-electron chi connectivity index (χ4n) is 1.15. The maximum atomic E-state index is 13.3. The fourth-order valence-corrected chi connectivity index (χ4v) is 1.15. The number of ether oxygens (including phenoxy) is 1. The van der Waals surface area contributed by atoms with E-state index >= 15 is 0 Å². The fraction of sp³-hybridized carbons (Fsp3) is 0.364. The van der Waals surface area contributed by atoms with Crippen LogP contribution in [-0.4, -0.2) is 43.2 Å². The first kappa shape index (κ1) is 12.4. The Hall–Kier alpha value is -1.62. The summed E-state index contributed by atoms with van der Waals surface area (Å²) in [6, 6.07) is 3.84. The van der Waals surface area contributed by atoms with Gasteiger partial charge in [0.05, 0.1) is 0 Å². The summed E-state index contributed by atoms with van der Waals surface area (Å²) < 4.78 is 18.5. The van der Waals surface area contributed by atoms with Gasteiger partial charge in [0.15, 0.2) is 11.6 Å². The van der Waals surface area contributed by atoms with E-state index in [9.17, 15) is 9.18 Å². The number of likely N-dealkylation sites (N-methyl/N-ethyl adjacent to an activating group) is 1. The number of nitrogens with zero attached hydrogens (tertiary/aromatic N) is 1. The molecule has 1 rings (SSSR count). The smallest absolute Gasteiger partial charge is 0.339 e. The molecule has 0 fully saturated rings. The van der Waals surface area contributed by atoms with Crippen molar-refractivity contribution in [2.75, 3.05) is 27.2 Å². The summed E-state index contributed by atoms with van der Waals surface area (Å²) in [7, 11) is 3.70. The van der Waals surface area contributed by atoms with Crippen molar-refractivity contribution in [3.8, 4) is 5.75 Å². The molecule has 0 radical (unpaired) electrons. The first-order valence-corrected chi connectivity index (χ1v) is 4.81. The molecule has 16 heavy (non-hydrogen) atoms. The predicted octanol–water partition coefficient (Wildman–Crippen LogP) is 1.46. The van der Waals surface area contributed by atoms with E-state index in [1.807, 2.05) is 19.0 Å². The Kier molecular flexibility index (Phi) is 4.25. The van der Waals surface area contributed by atoms with E-state index in [-0.39, 0.29) is 17.9 Å². The lowest BCUT2D eigenvalue weighted by molar-refractivity contribution is 0.0690. The topological polar surface area (TPSA) is 49.8 Å².